The SMILES string of the molecule is O=C([C@@H]1CSCN1C(=O)C1CCC1)N1CCCN2CCC[C@H]2C1. The van der Waals surface area contributed by atoms with Gasteiger partial charge in [-0.25, -0.2) is 0 Å². The highest BCUT2D eigenvalue weighted by molar-refractivity contribution is 7.99. The van der Waals surface area contributed by atoms with Crippen molar-refractivity contribution in [1.82, 2.24) is 14.7 Å². The molecule has 0 N–H and O–H groups in total. The monoisotopic (exact) mass is 337 g/mol. The van der Waals surface area contributed by atoms with E-state index in [1.54, 1.807) is 11.8 Å². The number of hydrogen-bond donors (Lipinski definition) is 0. The lowest BCUT2D eigenvalue weighted by atomic mass is 9.84. The maximum atomic E-state index is 13.1. The summed E-state index contributed by atoms with van der Waals surface area (Å²) in [6, 6.07) is 0.340. The van der Waals surface area contributed by atoms with Crippen LogP contribution in [0.5, 0.6) is 0 Å². The van der Waals surface area contributed by atoms with Crippen molar-refractivity contribution in [2.45, 2.75) is 50.6 Å². The zero-order valence-corrected chi connectivity index (χ0v) is 14.6. The number of rotatable bonds is 2. The second-order valence-electron chi connectivity index (χ2n) is 7.42. The molecule has 3 heterocycles. The van der Waals surface area contributed by atoms with Crippen LogP contribution < -0.4 is 0 Å². The lowest BCUT2D eigenvalue weighted by Crippen LogP contribution is -2.52. The molecule has 1 aliphatic carbocycles. The first-order valence-electron chi connectivity index (χ1n) is 9.15. The van der Waals surface area contributed by atoms with E-state index in [1.165, 1.54) is 25.8 Å². The first-order valence-corrected chi connectivity index (χ1v) is 10.3. The Kier molecular flexibility index (Phi) is 4.54. The maximum Gasteiger partial charge on any atom is 0.246 e. The van der Waals surface area contributed by atoms with Gasteiger partial charge in [0.05, 0.1) is 5.88 Å². The van der Waals surface area contributed by atoms with E-state index in [2.05, 4.69) is 9.80 Å². The van der Waals surface area contributed by atoms with Gasteiger partial charge < -0.3 is 9.80 Å². The second-order valence-corrected chi connectivity index (χ2v) is 8.42. The molecule has 4 rings (SSSR count). The fraction of sp³-hybridized carbons (Fsp3) is 0.882. The smallest absolute Gasteiger partial charge is 0.246 e. The van der Waals surface area contributed by atoms with Crippen molar-refractivity contribution in [2.24, 2.45) is 5.92 Å². The molecule has 2 atom stereocenters. The van der Waals surface area contributed by atoms with E-state index in [-0.39, 0.29) is 23.8 Å². The van der Waals surface area contributed by atoms with Gasteiger partial charge in [-0.1, -0.05) is 6.42 Å². The lowest BCUT2D eigenvalue weighted by Gasteiger charge is -2.34. The molecular weight excluding hydrogens is 310 g/mol. The third-order valence-corrected chi connectivity index (χ3v) is 7.03. The fourth-order valence-corrected chi connectivity index (χ4v) is 5.53. The molecule has 2 amide bonds. The Balaban J connectivity index is 1.43. The summed E-state index contributed by atoms with van der Waals surface area (Å²) in [5.41, 5.74) is 0. The summed E-state index contributed by atoms with van der Waals surface area (Å²) >= 11 is 1.73. The molecular formula is C17H27N3O2S. The molecule has 0 aromatic rings. The molecule has 5 nitrogen and oxygen atoms in total. The van der Waals surface area contributed by atoms with E-state index in [4.69, 9.17) is 0 Å². The van der Waals surface area contributed by atoms with Gasteiger partial charge in [0, 0.05) is 37.3 Å². The number of hydrogen-bond acceptors (Lipinski definition) is 4. The third kappa shape index (κ3) is 3.00. The van der Waals surface area contributed by atoms with Gasteiger partial charge in [-0.05, 0) is 38.6 Å². The van der Waals surface area contributed by atoms with Crippen LogP contribution in [-0.2, 0) is 9.59 Å². The van der Waals surface area contributed by atoms with Gasteiger partial charge in [0.15, 0.2) is 0 Å². The van der Waals surface area contributed by atoms with Crippen molar-refractivity contribution in [3.8, 4) is 0 Å². The van der Waals surface area contributed by atoms with Crippen molar-refractivity contribution >= 4 is 23.6 Å². The third-order valence-electron chi connectivity index (χ3n) is 6.02. The summed E-state index contributed by atoms with van der Waals surface area (Å²) < 4.78 is 0. The molecule has 0 bridgehead atoms. The first-order chi connectivity index (χ1) is 11.2. The minimum absolute atomic E-state index is 0.193. The number of carbonyl (C=O) groups excluding carboxylic acids is 2. The van der Waals surface area contributed by atoms with Crippen LogP contribution in [0.3, 0.4) is 0 Å². The molecule has 6 heteroatoms. The van der Waals surface area contributed by atoms with Crippen LogP contribution in [0.4, 0.5) is 0 Å². The minimum atomic E-state index is -0.207. The van der Waals surface area contributed by atoms with E-state index in [0.717, 1.165) is 44.6 Å². The number of thioether (sulfide) groups is 1. The number of nitrogens with zero attached hydrogens (tertiary/aromatic N) is 3. The summed E-state index contributed by atoms with van der Waals surface area (Å²) in [4.78, 5) is 32.2. The Hall–Kier alpha value is -0.750. The van der Waals surface area contributed by atoms with Crippen LogP contribution in [0.2, 0.25) is 0 Å². The highest BCUT2D eigenvalue weighted by Crippen LogP contribution is 2.33. The van der Waals surface area contributed by atoms with Gasteiger partial charge in [-0.15, -0.1) is 11.8 Å². The Labute approximate surface area is 142 Å². The molecule has 128 valence electrons. The molecule has 1 saturated carbocycles. The highest BCUT2D eigenvalue weighted by Gasteiger charge is 2.41. The molecule has 3 saturated heterocycles. The molecule has 23 heavy (non-hydrogen) atoms. The van der Waals surface area contributed by atoms with Crippen molar-refractivity contribution in [3.63, 3.8) is 0 Å². The zero-order valence-electron chi connectivity index (χ0n) is 13.8. The van der Waals surface area contributed by atoms with E-state index >= 15 is 0 Å². The quantitative estimate of drug-likeness (QED) is 0.764. The Bertz CT molecular complexity index is 482. The molecule has 3 aliphatic heterocycles. The van der Waals surface area contributed by atoms with Crippen molar-refractivity contribution in [1.29, 1.82) is 0 Å². The number of carbonyl (C=O) groups is 2. The zero-order chi connectivity index (χ0) is 15.8. The Morgan fingerprint density at radius 1 is 0.913 bits per heavy atom. The maximum absolute atomic E-state index is 13.1. The Morgan fingerprint density at radius 2 is 1.74 bits per heavy atom. The van der Waals surface area contributed by atoms with Crippen LogP contribution in [0.25, 0.3) is 0 Å². The standard InChI is InChI=1S/C17H27N3O2S/c21-16(13-4-1-5-13)20-12-23-11-15(20)17(22)19-9-3-8-18-7-2-6-14(18)10-19/h13-15H,1-12H2/t14-,15-/m0/s1. The predicted molar refractivity (Wildman–Crippen MR) is 91.1 cm³/mol. The summed E-state index contributed by atoms with van der Waals surface area (Å²) in [7, 11) is 0. The molecule has 0 aromatic heterocycles. The van der Waals surface area contributed by atoms with Crippen LogP contribution in [0.15, 0.2) is 0 Å². The number of amides is 2. The normalized spacial score (nSPS) is 32.5. The van der Waals surface area contributed by atoms with Crippen LogP contribution >= 0.6 is 11.8 Å². The summed E-state index contributed by atoms with van der Waals surface area (Å²) in [6.07, 6.45) is 6.74. The average Bonchev–Trinajstić information content (AvgIpc) is 3.10. The van der Waals surface area contributed by atoms with E-state index in [9.17, 15) is 9.59 Å². The van der Waals surface area contributed by atoms with Crippen LogP contribution in [-0.4, -0.2) is 76.4 Å². The first kappa shape index (κ1) is 15.8. The molecule has 0 aromatic carbocycles. The molecule has 0 radical (unpaired) electrons. The molecule has 0 spiro atoms. The summed E-state index contributed by atoms with van der Waals surface area (Å²) in [5, 5.41) is 0. The van der Waals surface area contributed by atoms with Gasteiger partial charge in [0.2, 0.25) is 11.8 Å². The van der Waals surface area contributed by atoms with Gasteiger partial charge in [0.1, 0.15) is 6.04 Å². The second kappa shape index (κ2) is 6.63. The van der Waals surface area contributed by atoms with Crippen molar-refractivity contribution < 1.29 is 9.59 Å². The van der Waals surface area contributed by atoms with Crippen molar-refractivity contribution in [2.75, 3.05) is 37.8 Å². The Morgan fingerprint density at radius 3 is 2.52 bits per heavy atom. The average molecular weight is 337 g/mol. The molecule has 4 fully saturated rings. The molecule has 0 unspecified atom stereocenters. The van der Waals surface area contributed by atoms with E-state index in [1.807, 2.05) is 4.90 Å². The summed E-state index contributed by atoms with van der Waals surface area (Å²) in [6.45, 7) is 4.04. The van der Waals surface area contributed by atoms with Gasteiger partial charge in [0.25, 0.3) is 0 Å². The highest BCUT2D eigenvalue weighted by atomic mass is 32.2. The van der Waals surface area contributed by atoms with E-state index in [0.29, 0.717) is 11.9 Å². The largest absolute Gasteiger partial charge is 0.339 e. The van der Waals surface area contributed by atoms with E-state index < -0.39 is 0 Å². The van der Waals surface area contributed by atoms with Crippen molar-refractivity contribution in [3.05, 3.63) is 0 Å². The van der Waals surface area contributed by atoms with Gasteiger partial charge in [-0.3, -0.25) is 14.5 Å². The fourth-order valence-electron chi connectivity index (χ4n) is 4.37. The minimum Gasteiger partial charge on any atom is -0.339 e. The van der Waals surface area contributed by atoms with Crippen LogP contribution in [0, 0.1) is 5.92 Å². The lowest BCUT2D eigenvalue weighted by molar-refractivity contribution is -0.147. The summed E-state index contributed by atoms with van der Waals surface area (Å²) in [5.74, 6) is 2.11. The van der Waals surface area contributed by atoms with Gasteiger partial charge >= 0.3 is 0 Å². The van der Waals surface area contributed by atoms with Crippen LogP contribution in [0.1, 0.15) is 38.5 Å². The molecule has 4 aliphatic rings. The van der Waals surface area contributed by atoms with Gasteiger partial charge in [-0.2, -0.15) is 0 Å². The predicted octanol–water partition coefficient (Wildman–Crippen LogP) is 1.38. The number of fused-ring (bicyclic) bond motifs is 1. The topological polar surface area (TPSA) is 43.9 Å².